The third-order valence-electron chi connectivity index (χ3n) is 3.12. The van der Waals surface area contributed by atoms with Crippen LogP contribution in [0.2, 0.25) is 0 Å². The predicted octanol–water partition coefficient (Wildman–Crippen LogP) is 1.98. The monoisotopic (exact) mass is 288 g/mol. The lowest BCUT2D eigenvalue weighted by molar-refractivity contribution is 0.0940. The van der Waals surface area contributed by atoms with Gasteiger partial charge in [-0.15, -0.1) is 0 Å². The molecule has 2 aromatic heterocycles. The Kier molecular flexibility index (Phi) is 4.47. The molecule has 0 fully saturated rings. The van der Waals surface area contributed by atoms with Crippen LogP contribution in [-0.2, 0) is 6.54 Å². The SMILES string of the molecule is COc1ccc(CNC(=O)c2cc(N)cn2C(C)C)cn1. The number of methoxy groups -OCH3 is 1. The number of nitrogens with one attached hydrogen (secondary N) is 1. The van der Waals surface area contributed by atoms with Gasteiger partial charge in [-0.1, -0.05) is 6.07 Å². The van der Waals surface area contributed by atoms with E-state index in [1.54, 1.807) is 31.6 Å². The van der Waals surface area contributed by atoms with E-state index in [9.17, 15) is 4.79 Å². The molecule has 0 aliphatic heterocycles. The molecule has 0 saturated carbocycles. The van der Waals surface area contributed by atoms with Crippen LogP contribution in [0, 0.1) is 0 Å². The number of ether oxygens (including phenoxy) is 1. The largest absolute Gasteiger partial charge is 0.481 e. The highest BCUT2D eigenvalue weighted by molar-refractivity contribution is 5.93. The Balaban J connectivity index is 2.04. The highest BCUT2D eigenvalue weighted by atomic mass is 16.5. The number of nitrogens with two attached hydrogens (primary N) is 1. The van der Waals surface area contributed by atoms with Gasteiger partial charge in [-0.2, -0.15) is 0 Å². The first kappa shape index (κ1) is 14.9. The average Bonchev–Trinajstić information content (AvgIpc) is 2.87. The number of carbonyl (C=O) groups is 1. The molecular weight excluding hydrogens is 268 g/mol. The lowest BCUT2D eigenvalue weighted by Gasteiger charge is -2.12. The first-order valence-corrected chi connectivity index (χ1v) is 6.75. The van der Waals surface area contributed by atoms with Crippen LogP contribution in [0.3, 0.4) is 0 Å². The van der Waals surface area contributed by atoms with Gasteiger partial charge in [0.05, 0.1) is 12.8 Å². The summed E-state index contributed by atoms with van der Waals surface area (Å²) in [5.74, 6) is 0.391. The van der Waals surface area contributed by atoms with Crippen molar-refractivity contribution in [3.05, 3.63) is 41.9 Å². The number of anilines is 1. The second kappa shape index (κ2) is 6.30. The molecule has 2 rings (SSSR count). The van der Waals surface area contributed by atoms with Crippen molar-refractivity contribution in [2.24, 2.45) is 0 Å². The molecular formula is C15H20N4O2. The fraction of sp³-hybridized carbons (Fsp3) is 0.333. The number of nitrogens with zero attached hydrogens (tertiary/aromatic N) is 2. The van der Waals surface area contributed by atoms with Gasteiger partial charge in [0.15, 0.2) is 0 Å². The number of aromatic nitrogens is 2. The summed E-state index contributed by atoms with van der Waals surface area (Å²) in [6.45, 7) is 4.41. The van der Waals surface area contributed by atoms with Crippen LogP contribution >= 0.6 is 0 Å². The van der Waals surface area contributed by atoms with Crippen molar-refractivity contribution in [3.8, 4) is 5.88 Å². The van der Waals surface area contributed by atoms with Crippen molar-refractivity contribution >= 4 is 11.6 Å². The van der Waals surface area contributed by atoms with Gasteiger partial charge in [0.25, 0.3) is 5.91 Å². The lowest BCUT2D eigenvalue weighted by atomic mass is 10.2. The average molecular weight is 288 g/mol. The fourth-order valence-electron chi connectivity index (χ4n) is 2.02. The van der Waals surface area contributed by atoms with Crippen LogP contribution in [0.15, 0.2) is 30.6 Å². The lowest BCUT2D eigenvalue weighted by Crippen LogP contribution is -2.25. The Hall–Kier alpha value is -2.50. The number of hydrogen-bond donors (Lipinski definition) is 2. The van der Waals surface area contributed by atoms with E-state index in [0.717, 1.165) is 5.56 Å². The van der Waals surface area contributed by atoms with Crippen molar-refractivity contribution in [1.82, 2.24) is 14.9 Å². The third-order valence-corrected chi connectivity index (χ3v) is 3.12. The molecule has 0 aliphatic carbocycles. The molecule has 0 spiro atoms. The minimum atomic E-state index is -0.156. The van der Waals surface area contributed by atoms with Gasteiger partial charge < -0.3 is 20.4 Å². The molecule has 0 atom stereocenters. The summed E-state index contributed by atoms with van der Waals surface area (Å²) in [4.78, 5) is 16.3. The molecule has 0 saturated heterocycles. The van der Waals surface area contributed by atoms with Crippen LogP contribution in [0.25, 0.3) is 0 Å². The third kappa shape index (κ3) is 3.53. The van der Waals surface area contributed by atoms with Crippen molar-refractivity contribution in [3.63, 3.8) is 0 Å². The highest BCUT2D eigenvalue weighted by Crippen LogP contribution is 2.16. The summed E-state index contributed by atoms with van der Waals surface area (Å²) >= 11 is 0. The van der Waals surface area contributed by atoms with Gasteiger partial charge in [-0.25, -0.2) is 4.98 Å². The van der Waals surface area contributed by atoms with E-state index in [1.807, 2.05) is 24.5 Å². The Morgan fingerprint density at radius 3 is 2.81 bits per heavy atom. The summed E-state index contributed by atoms with van der Waals surface area (Å²) in [5, 5.41) is 2.87. The fourth-order valence-corrected chi connectivity index (χ4v) is 2.02. The van der Waals surface area contributed by atoms with Gasteiger partial charge in [0.1, 0.15) is 5.69 Å². The summed E-state index contributed by atoms with van der Waals surface area (Å²) < 4.78 is 6.85. The van der Waals surface area contributed by atoms with E-state index in [4.69, 9.17) is 10.5 Å². The molecule has 6 heteroatoms. The van der Waals surface area contributed by atoms with Crippen molar-refractivity contribution in [2.45, 2.75) is 26.4 Å². The van der Waals surface area contributed by atoms with E-state index >= 15 is 0 Å². The van der Waals surface area contributed by atoms with Gasteiger partial charge in [-0.05, 0) is 25.5 Å². The minimum Gasteiger partial charge on any atom is -0.481 e. The smallest absolute Gasteiger partial charge is 0.268 e. The summed E-state index contributed by atoms with van der Waals surface area (Å²) in [6, 6.07) is 5.48. The Labute approximate surface area is 123 Å². The van der Waals surface area contributed by atoms with Crippen LogP contribution in [0.5, 0.6) is 5.88 Å². The first-order chi connectivity index (χ1) is 10.0. The van der Waals surface area contributed by atoms with E-state index < -0.39 is 0 Å². The van der Waals surface area contributed by atoms with Crippen LogP contribution in [-0.4, -0.2) is 22.6 Å². The second-order valence-corrected chi connectivity index (χ2v) is 5.05. The zero-order valence-corrected chi connectivity index (χ0v) is 12.5. The maximum Gasteiger partial charge on any atom is 0.268 e. The molecule has 2 heterocycles. The molecule has 0 bridgehead atoms. The van der Waals surface area contributed by atoms with Crippen molar-refractivity contribution in [1.29, 1.82) is 0 Å². The maximum absolute atomic E-state index is 12.2. The van der Waals surface area contributed by atoms with Crippen molar-refractivity contribution in [2.75, 3.05) is 12.8 Å². The van der Waals surface area contributed by atoms with Crippen LogP contribution in [0.4, 0.5) is 5.69 Å². The van der Waals surface area contributed by atoms with Crippen LogP contribution < -0.4 is 15.8 Å². The molecule has 21 heavy (non-hydrogen) atoms. The van der Waals surface area contributed by atoms with Gasteiger partial charge in [0, 0.05) is 31.0 Å². The Morgan fingerprint density at radius 1 is 1.48 bits per heavy atom. The number of hydrogen-bond acceptors (Lipinski definition) is 4. The maximum atomic E-state index is 12.2. The zero-order chi connectivity index (χ0) is 15.4. The molecule has 1 amide bonds. The topological polar surface area (TPSA) is 82.2 Å². The molecule has 2 aromatic rings. The van der Waals surface area contributed by atoms with E-state index in [0.29, 0.717) is 23.8 Å². The van der Waals surface area contributed by atoms with Gasteiger partial charge in [-0.3, -0.25) is 4.79 Å². The predicted molar refractivity (Wildman–Crippen MR) is 81.2 cm³/mol. The standard InChI is InChI=1S/C15H20N4O2/c1-10(2)19-9-12(16)6-13(19)15(20)18-8-11-4-5-14(21-3)17-7-11/h4-7,9-10H,8,16H2,1-3H3,(H,18,20). The summed E-state index contributed by atoms with van der Waals surface area (Å²) in [6.07, 6.45) is 3.45. The molecule has 0 aromatic carbocycles. The van der Waals surface area contributed by atoms with Gasteiger partial charge in [0.2, 0.25) is 5.88 Å². The minimum absolute atomic E-state index is 0.156. The number of pyridine rings is 1. The molecule has 0 unspecified atom stereocenters. The molecule has 3 N–H and O–H groups in total. The molecule has 6 nitrogen and oxygen atoms in total. The molecule has 0 radical (unpaired) electrons. The Morgan fingerprint density at radius 2 is 2.24 bits per heavy atom. The summed E-state index contributed by atoms with van der Waals surface area (Å²) in [5.41, 5.74) is 7.81. The van der Waals surface area contributed by atoms with Crippen molar-refractivity contribution < 1.29 is 9.53 Å². The zero-order valence-electron chi connectivity index (χ0n) is 12.5. The summed E-state index contributed by atoms with van der Waals surface area (Å²) in [7, 11) is 1.56. The highest BCUT2D eigenvalue weighted by Gasteiger charge is 2.14. The number of nitrogen functional groups attached to an aromatic ring is 1. The van der Waals surface area contributed by atoms with Crippen LogP contribution in [0.1, 0.15) is 35.9 Å². The van der Waals surface area contributed by atoms with E-state index in [2.05, 4.69) is 10.3 Å². The van der Waals surface area contributed by atoms with E-state index in [1.165, 1.54) is 0 Å². The quantitative estimate of drug-likeness (QED) is 0.881. The first-order valence-electron chi connectivity index (χ1n) is 6.75. The second-order valence-electron chi connectivity index (χ2n) is 5.05. The number of carbonyl (C=O) groups excluding carboxylic acids is 1. The van der Waals surface area contributed by atoms with Gasteiger partial charge >= 0.3 is 0 Å². The molecule has 0 aliphatic rings. The normalized spacial score (nSPS) is 10.7. The Bertz CT molecular complexity index is 617. The number of amides is 1. The molecule has 112 valence electrons. The number of rotatable bonds is 5. The van der Waals surface area contributed by atoms with E-state index in [-0.39, 0.29) is 11.9 Å².